The molecule has 0 saturated carbocycles. The van der Waals surface area contributed by atoms with Gasteiger partial charge in [0.25, 0.3) is 15.9 Å². The van der Waals surface area contributed by atoms with E-state index >= 15 is 0 Å². The Balaban J connectivity index is 1.58. The quantitative estimate of drug-likeness (QED) is 0.401. The molecular formula is C17H20N4O4S3. The SMILES string of the molecule is O=C(NNC(=S)NCC1CCCO1)c1ccccc1NS(=O)(=O)c1cccs1. The van der Waals surface area contributed by atoms with Crippen molar-refractivity contribution in [2.45, 2.75) is 23.2 Å². The van der Waals surface area contributed by atoms with E-state index < -0.39 is 15.9 Å². The van der Waals surface area contributed by atoms with Gasteiger partial charge in [-0.3, -0.25) is 20.4 Å². The zero-order chi connectivity index (χ0) is 20.0. The van der Waals surface area contributed by atoms with Crippen LogP contribution in [-0.2, 0) is 14.8 Å². The van der Waals surface area contributed by atoms with Crippen LogP contribution >= 0.6 is 23.6 Å². The van der Waals surface area contributed by atoms with E-state index in [4.69, 9.17) is 17.0 Å². The minimum Gasteiger partial charge on any atom is -0.376 e. The summed E-state index contributed by atoms with van der Waals surface area (Å²) in [6, 6.07) is 9.47. The van der Waals surface area contributed by atoms with Gasteiger partial charge in [-0.2, -0.15) is 0 Å². The fourth-order valence-corrected chi connectivity index (χ4v) is 4.83. The van der Waals surface area contributed by atoms with E-state index in [1.54, 1.807) is 23.6 Å². The number of hydrazine groups is 1. The molecule has 0 bridgehead atoms. The third kappa shape index (κ3) is 5.41. The second kappa shape index (κ2) is 9.32. The number of sulfonamides is 1. The second-order valence-electron chi connectivity index (χ2n) is 6.01. The monoisotopic (exact) mass is 440 g/mol. The van der Waals surface area contributed by atoms with Crippen LogP contribution in [0.5, 0.6) is 0 Å². The third-order valence-electron chi connectivity index (χ3n) is 3.98. The van der Waals surface area contributed by atoms with Crippen molar-refractivity contribution >= 4 is 50.3 Å². The summed E-state index contributed by atoms with van der Waals surface area (Å²) in [7, 11) is -3.76. The number of carbonyl (C=O) groups is 1. The molecule has 28 heavy (non-hydrogen) atoms. The van der Waals surface area contributed by atoms with Crippen molar-refractivity contribution in [3.63, 3.8) is 0 Å². The molecule has 0 spiro atoms. The Bertz CT molecular complexity index is 926. The fourth-order valence-electron chi connectivity index (χ4n) is 2.62. The first-order valence-corrected chi connectivity index (χ1v) is 11.3. The number of carbonyl (C=O) groups excluding carboxylic acids is 1. The Morgan fingerprint density at radius 1 is 1.21 bits per heavy atom. The van der Waals surface area contributed by atoms with E-state index in [2.05, 4.69) is 20.9 Å². The Labute approximate surface area is 172 Å². The summed E-state index contributed by atoms with van der Waals surface area (Å²) in [5.74, 6) is -0.522. The highest BCUT2D eigenvalue weighted by atomic mass is 32.2. The highest BCUT2D eigenvalue weighted by molar-refractivity contribution is 7.94. The van der Waals surface area contributed by atoms with Gasteiger partial charge in [0.2, 0.25) is 0 Å². The summed E-state index contributed by atoms with van der Waals surface area (Å²) >= 11 is 6.22. The molecule has 1 fully saturated rings. The molecule has 150 valence electrons. The van der Waals surface area contributed by atoms with Gasteiger partial charge < -0.3 is 10.1 Å². The van der Waals surface area contributed by atoms with Crippen LogP contribution in [0, 0.1) is 0 Å². The minimum atomic E-state index is -3.76. The summed E-state index contributed by atoms with van der Waals surface area (Å²) in [6.07, 6.45) is 2.11. The first-order chi connectivity index (χ1) is 13.5. The maximum Gasteiger partial charge on any atom is 0.271 e. The van der Waals surface area contributed by atoms with Gasteiger partial charge in [-0.15, -0.1) is 11.3 Å². The van der Waals surface area contributed by atoms with Gasteiger partial charge in [-0.05, 0) is 48.6 Å². The van der Waals surface area contributed by atoms with Crippen LogP contribution in [0.25, 0.3) is 0 Å². The summed E-state index contributed by atoms with van der Waals surface area (Å²) in [4.78, 5) is 12.5. The average molecular weight is 441 g/mol. The average Bonchev–Trinajstić information content (AvgIpc) is 3.38. The molecule has 1 saturated heterocycles. The van der Waals surface area contributed by atoms with Crippen LogP contribution in [-0.4, -0.2) is 38.7 Å². The van der Waals surface area contributed by atoms with Crippen molar-refractivity contribution < 1.29 is 17.9 Å². The van der Waals surface area contributed by atoms with E-state index in [9.17, 15) is 13.2 Å². The van der Waals surface area contributed by atoms with Crippen LogP contribution in [0.15, 0.2) is 46.0 Å². The first-order valence-electron chi connectivity index (χ1n) is 8.57. The van der Waals surface area contributed by atoms with E-state index in [-0.39, 0.29) is 26.7 Å². The highest BCUT2D eigenvalue weighted by Gasteiger charge is 2.20. The van der Waals surface area contributed by atoms with Gasteiger partial charge >= 0.3 is 0 Å². The first kappa shape index (κ1) is 20.5. The van der Waals surface area contributed by atoms with Gasteiger partial charge in [-0.25, -0.2) is 8.42 Å². The largest absolute Gasteiger partial charge is 0.376 e. The van der Waals surface area contributed by atoms with Crippen molar-refractivity contribution in [3.8, 4) is 0 Å². The maximum absolute atomic E-state index is 12.5. The number of hydrogen-bond donors (Lipinski definition) is 4. The van der Waals surface area contributed by atoms with Gasteiger partial charge in [0.05, 0.1) is 17.4 Å². The Kier molecular flexibility index (Phi) is 6.83. The molecule has 1 aromatic heterocycles. The molecule has 3 rings (SSSR count). The third-order valence-corrected chi connectivity index (χ3v) is 6.99. The fraction of sp³-hybridized carbons (Fsp3) is 0.294. The Hall–Kier alpha value is -2.21. The van der Waals surface area contributed by atoms with Gasteiger partial charge in [-0.1, -0.05) is 18.2 Å². The number of thiocarbonyl (C=S) groups is 1. The lowest BCUT2D eigenvalue weighted by Crippen LogP contribution is -2.48. The van der Waals surface area contributed by atoms with Gasteiger partial charge in [0.1, 0.15) is 4.21 Å². The predicted molar refractivity (Wildman–Crippen MR) is 112 cm³/mol. The number of benzene rings is 1. The van der Waals surface area contributed by atoms with Crippen LogP contribution < -0.4 is 20.9 Å². The Morgan fingerprint density at radius 3 is 2.75 bits per heavy atom. The van der Waals surface area contributed by atoms with Crippen LogP contribution in [0.3, 0.4) is 0 Å². The lowest BCUT2D eigenvalue weighted by atomic mass is 10.2. The zero-order valence-corrected chi connectivity index (χ0v) is 17.3. The number of ether oxygens (including phenoxy) is 1. The minimum absolute atomic E-state index is 0.114. The molecule has 0 radical (unpaired) electrons. The number of thiophene rings is 1. The van der Waals surface area contributed by atoms with Crippen molar-refractivity contribution in [1.29, 1.82) is 0 Å². The Morgan fingerprint density at radius 2 is 2.04 bits per heavy atom. The molecule has 2 aromatic rings. The molecule has 1 amide bonds. The summed E-state index contributed by atoms with van der Waals surface area (Å²) < 4.78 is 33.0. The smallest absolute Gasteiger partial charge is 0.271 e. The molecule has 8 nitrogen and oxygen atoms in total. The molecule has 1 aliphatic heterocycles. The number of anilines is 1. The van der Waals surface area contributed by atoms with E-state index in [0.29, 0.717) is 6.54 Å². The van der Waals surface area contributed by atoms with Crippen molar-refractivity contribution in [2.75, 3.05) is 17.9 Å². The number of para-hydroxylation sites is 1. The van der Waals surface area contributed by atoms with Crippen LogP contribution in [0.1, 0.15) is 23.2 Å². The van der Waals surface area contributed by atoms with Crippen LogP contribution in [0.2, 0.25) is 0 Å². The topological polar surface area (TPSA) is 109 Å². The molecule has 1 unspecified atom stereocenters. The van der Waals surface area contributed by atoms with Gasteiger partial charge in [0.15, 0.2) is 5.11 Å². The van der Waals surface area contributed by atoms with Crippen molar-refractivity contribution in [2.24, 2.45) is 0 Å². The molecular weight excluding hydrogens is 420 g/mol. The van der Waals surface area contributed by atoms with Crippen molar-refractivity contribution in [3.05, 3.63) is 47.3 Å². The van der Waals surface area contributed by atoms with Crippen LogP contribution in [0.4, 0.5) is 5.69 Å². The molecule has 1 atom stereocenters. The lowest BCUT2D eigenvalue weighted by Gasteiger charge is -2.15. The molecule has 0 aliphatic carbocycles. The number of hydrogen-bond acceptors (Lipinski definition) is 6. The lowest BCUT2D eigenvalue weighted by molar-refractivity contribution is 0.0944. The van der Waals surface area contributed by atoms with E-state index in [1.807, 2.05) is 0 Å². The number of nitrogens with one attached hydrogen (secondary N) is 4. The highest BCUT2D eigenvalue weighted by Crippen LogP contribution is 2.22. The molecule has 2 heterocycles. The van der Waals surface area contributed by atoms with Gasteiger partial charge in [0, 0.05) is 13.2 Å². The zero-order valence-electron chi connectivity index (χ0n) is 14.8. The predicted octanol–water partition coefficient (Wildman–Crippen LogP) is 1.84. The summed E-state index contributed by atoms with van der Waals surface area (Å²) in [5, 5.41) is 4.89. The molecule has 1 aromatic carbocycles. The van der Waals surface area contributed by atoms with E-state index in [1.165, 1.54) is 18.2 Å². The molecule has 11 heteroatoms. The standard InChI is InChI=1S/C17H20N4O4S3/c22-16(19-20-17(26)18-11-12-5-3-9-25-12)13-6-1-2-7-14(13)21-28(23,24)15-8-4-10-27-15/h1-2,4,6-8,10,12,21H,3,5,9,11H2,(H,19,22)(H2,18,20,26). The number of amides is 1. The van der Waals surface area contributed by atoms with Crippen molar-refractivity contribution in [1.82, 2.24) is 16.2 Å². The normalized spacial score (nSPS) is 16.4. The summed E-state index contributed by atoms with van der Waals surface area (Å²) in [6.45, 7) is 1.31. The maximum atomic E-state index is 12.5. The molecule has 4 N–H and O–H groups in total. The van der Waals surface area contributed by atoms with E-state index in [0.717, 1.165) is 30.8 Å². The summed E-state index contributed by atoms with van der Waals surface area (Å²) in [5.41, 5.74) is 5.42. The second-order valence-corrected chi connectivity index (χ2v) is 9.27. The molecule has 1 aliphatic rings. The number of rotatable bonds is 6.